The van der Waals surface area contributed by atoms with Crippen LogP contribution in [0.25, 0.3) is 11.4 Å². The maximum absolute atomic E-state index is 11.5. The van der Waals surface area contributed by atoms with E-state index < -0.39 is 0 Å². The molecule has 1 aliphatic heterocycles. The number of carbonyl (C=O) groups excluding carboxylic acids is 1. The topological polar surface area (TPSA) is 59.4 Å². The zero-order valence-corrected chi connectivity index (χ0v) is 18.8. The lowest BCUT2D eigenvalue weighted by atomic mass is 10.1. The van der Waals surface area contributed by atoms with E-state index in [1.807, 2.05) is 52.6 Å². The Balaban J connectivity index is 1.46. The highest BCUT2D eigenvalue weighted by Gasteiger charge is 2.21. The molecule has 0 amide bonds. The van der Waals surface area contributed by atoms with E-state index in [0.717, 1.165) is 54.6 Å². The highest BCUT2D eigenvalue weighted by Crippen LogP contribution is 2.24. The number of hydrogen-bond donors (Lipinski definition) is 0. The van der Waals surface area contributed by atoms with E-state index in [-0.39, 0.29) is 5.78 Å². The standard InChI is InChI=1S/C23H27N5O2S/c1-4-10-27-22(21-9-15-30-18(21)3)24-28(23(27)31)16-25-11-13-26(14-12-25)20-7-5-19(6-8-20)17(2)29/h4-9,15H,1,10-14,16H2,2-3H3. The lowest BCUT2D eigenvalue weighted by molar-refractivity contribution is 0.101. The molecule has 1 aromatic carbocycles. The molecule has 4 rings (SSSR count). The van der Waals surface area contributed by atoms with Crippen molar-refractivity contribution >= 4 is 23.7 Å². The molecule has 0 atom stereocenters. The number of Topliss-reactive ketones (excluding diaryl/α,β-unsaturated/α-hetero) is 1. The van der Waals surface area contributed by atoms with E-state index in [9.17, 15) is 4.79 Å². The van der Waals surface area contributed by atoms with Crippen LogP contribution in [0, 0.1) is 11.7 Å². The SMILES string of the molecule is C=CCn1c(-c2ccoc2C)nn(CN2CCN(c3ccc(C(C)=O)cc3)CC2)c1=S. The van der Waals surface area contributed by atoms with E-state index in [4.69, 9.17) is 21.7 Å². The molecule has 0 bridgehead atoms. The summed E-state index contributed by atoms with van der Waals surface area (Å²) in [6.07, 6.45) is 3.50. The van der Waals surface area contributed by atoms with Crippen LogP contribution in [0.2, 0.25) is 0 Å². The van der Waals surface area contributed by atoms with Gasteiger partial charge in [-0.25, -0.2) is 4.68 Å². The Hall–Kier alpha value is -2.97. The fraction of sp³-hybridized carbons (Fsp3) is 0.348. The first kappa shape index (κ1) is 21.3. The van der Waals surface area contributed by atoms with Crippen molar-refractivity contribution in [2.45, 2.75) is 27.1 Å². The van der Waals surface area contributed by atoms with Crippen LogP contribution in [-0.2, 0) is 13.2 Å². The van der Waals surface area contributed by atoms with Crippen molar-refractivity contribution in [3.8, 4) is 11.4 Å². The number of allylic oxidation sites excluding steroid dienone is 1. The monoisotopic (exact) mass is 437 g/mol. The number of furan rings is 1. The molecule has 1 fully saturated rings. The summed E-state index contributed by atoms with van der Waals surface area (Å²) in [6.45, 7) is 12.3. The molecular weight excluding hydrogens is 410 g/mol. The predicted molar refractivity (Wildman–Crippen MR) is 124 cm³/mol. The first-order chi connectivity index (χ1) is 15.0. The molecule has 0 unspecified atom stereocenters. The number of aryl methyl sites for hydroxylation is 1. The van der Waals surface area contributed by atoms with Crippen LogP contribution >= 0.6 is 12.2 Å². The van der Waals surface area contributed by atoms with Crippen molar-refractivity contribution in [2.24, 2.45) is 0 Å². The molecule has 1 saturated heterocycles. The second kappa shape index (κ2) is 9.03. The highest BCUT2D eigenvalue weighted by molar-refractivity contribution is 7.71. The van der Waals surface area contributed by atoms with Gasteiger partial charge < -0.3 is 9.32 Å². The maximum atomic E-state index is 11.5. The lowest BCUT2D eigenvalue weighted by Gasteiger charge is -2.35. The first-order valence-electron chi connectivity index (χ1n) is 10.4. The molecule has 7 nitrogen and oxygen atoms in total. The summed E-state index contributed by atoms with van der Waals surface area (Å²) < 4.78 is 10.0. The lowest BCUT2D eigenvalue weighted by Crippen LogP contribution is -2.47. The molecule has 0 radical (unpaired) electrons. The maximum Gasteiger partial charge on any atom is 0.199 e. The molecule has 3 heterocycles. The molecule has 3 aromatic rings. The van der Waals surface area contributed by atoms with Crippen molar-refractivity contribution in [3.05, 3.63) is 65.3 Å². The number of piperazine rings is 1. The molecule has 0 N–H and O–H groups in total. The van der Waals surface area contributed by atoms with E-state index in [1.165, 1.54) is 0 Å². The smallest absolute Gasteiger partial charge is 0.199 e. The number of aromatic nitrogens is 3. The van der Waals surface area contributed by atoms with Gasteiger partial charge in [-0.2, -0.15) is 5.10 Å². The Morgan fingerprint density at radius 2 is 1.90 bits per heavy atom. The van der Waals surface area contributed by atoms with Gasteiger partial charge in [0.2, 0.25) is 0 Å². The minimum atomic E-state index is 0.0917. The third-order valence-corrected chi connectivity index (χ3v) is 6.11. The molecule has 0 aliphatic carbocycles. The summed E-state index contributed by atoms with van der Waals surface area (Å²) in [5, 5.41) is 4.81. The predicted octanol–water partition coefficient (Wildman–Crippen LogP) is 4.15. The molecular formula is C23H27N5O2S. The summed E-state index contributed by atoms with van der Waals surface area (Å²) in [4.78, 5) is 16.2. The van der Waals surface area contributed by atoms with Crippen LogP contribution in [0.15, 0.2) is 53.7 Å². The fourth-order valence-corrected chi connectivity index (χ4v) is 4.15. The average Bonchev–Trinajstić information content (AvgIpc) is 3.33. The molecule has 162 valence electrons. The van der Waals surface area contributed by atoms with E-state index in [1.54, 1.807) is 13.2 Å². The van der Waals surface area contributed by atoms with Crippen molar-refractivity contribution < 1.29 is 9.21 Å². The van der Waals surface area contributed by atoms with Gasteiger partial charge >= 0.3 is 0 Å². The Morgan fingerprint density at radius 1 is 1.19 bits per heavy atom. The van der Waals surface area contributed by atoms with Crippen molar-refractivity contribution in [1.29, 1.82) is 0 Å². The number of ketones is 1. The summed E-state index contributed by atoms with van der Waals surface area (Å²) in [5.74, 6) is 1.72. The average molecular weight is 438 g/mol. The first-order valence-corrected chi connectivity index (χ1v) is 10.8. The Morgan fingerprint density at radius 3 is 2.48 bits per heavy atom. The van der Waals surface area contributed by atoms with Gasteiger partial charge in [0.1, 0.15) is 5.76 Å². The van der Waals surface area contributed by atoms with Gasteiger partial charge in [-0.05, 0) is 56.4 Å². The van der Waals surface area contributed by atoms with Gasteiger partial charge in [0, 0.05) is 44.0 Å². The van der Waals surface area contributed by atoms with Gasteiger partial charge in [-0.3, -0.25) is 14.3 Å². The van der Waals surface area contributed by atoms with E-state index in [0.29, 0.717) is 18.0 Å². The van der Waals surface area contributed by atoms with Crippen LogP contribution in [0.5, 0.6) is 0 Å². The summed E-state index contributed by atoms with van der Waals surface area (Å²) in [7, 11) is 0. The van der Waals surface area contributed by atoms with Crippen LogP contribution in [0.1, 0.15) is 23.0 Å². The van der Waals surface area contributed by atoms with Crippen LogP contribution < -0.4 is 4.90 Å². The van der Waals surface area contributed by atoms with Crippen molar-refractivity contribution in [3.63, 3.8) is 0 Å². The van der Waals surface area contributed by atoms with Gasteiger partial charge in [0.25, 0.3) is 0 Å². The molecule has 0 saturated carbocycles. The zero-order chi connectivity index (χ0) is 22.0. The number of benzene rings is 1. The molecule has 1 aliphatic rings. The van der Waals surface area contributed by atoms with E-state index >= 15 is 0 Å². The normalized spacial score (nSPS) is 14.7. The van der Waals surface area contributed by atoms with Crippen LogP contribution in [0.4, 0.5) is 5.69 Å². The molecule has 0 spiro atoms. The fourth-order valence-electron chi connectivity index (χ4n) is 3.89. The summed E-state index contributed by atoms with van der Waals surface area (Å²) in [6, 6.07) is 9.77. The van der Waals surface area contributed by atoms with Crippen molar-refractivity contribution in [2.75, 3.05) is 31.1 Å². The van der Waals surface area contributed by atoms with Crippen molar-refractivity contribution in [1.82, 2.24) is 19.2 Å². The Labute approximate surface area is 187 Å². The van der Waals surface area contributed by atoms with Gasteiger partial charge in [0.15, 0.2) is 16.4 Å². The largest absolute Gasteiger partial charge is 0.469 e. The summed E-state index contributed by atoms with van der Waals surface area (Å²) in [5.41, 5.74) is 2.84. The van der Waals surface area contributed by atoms with Crippen LogP contribution in [-0.4, -0.2) is 51.2 Å². The molecule has 8 heteroatoms. The third kappa shape index (κ3) is 4.40. The second-order valence-corrected chi connectivity index (χ2v) is 8.11. The van der Waals surface area contributed by atoms with Gasteiger partial charge in [-0.15, -0.1) is 6.58 Å². The van der Waals surface area contributed by atoms with Crippen LogP contribution in [0.3, 0.4) is 0 Å². The number of nitrogens with zero attached hydrogens (tertiary/aromatic N) is 5. The molecule has 31 heavy (non-hydrogen) atoms. The summed E-state index contributed by atoms with van der Waals surface area (Å²) >= 11 is 5.72. The second-order valence-electron chi connectivity index (χ2n) is 7.75. The quantitative estimate of drug-likeness (QED) is 0.314. The minimum Gasteiger partial charge on any atom is -0.469 e. The number of carbonyl (C=O) groups is 1. The third-order valence-electron chi connectivity index (χ3n) is 5.68. The Kier molecular flexibility index (Phi) is 6.20. The zero-order valence-electron chi connectivity index (χ0n) is 18.0. The minimum absolute atomic E-state index is 0.0917. The van der Waals surface area contributed by atoms with Gasteiger partial charge in [0.05, 0.1) is 18.5 Å². The van der Waals surface area contributed by atoms with E-state index in [2.05, 4.69) is 16.4 Å². The Bertz CT molecular complexity index is 1130. The molecule has 2 aromatic heterocycles. The number of anilines is 1. The number of rotatable bonds is 7. The van der Waals surface area contributed by atoms with Gasteiger partial charge in [-0.1, -0.05) is 6.08 Å². The number of hydrogen-bond acceptors (Lipinski definition) is 6. The highest BCUT2D eigenvalue weighted by atomic mass is 32.1.